The van der Waals surface area contributed by atoms with Crippen molar-refractivity contribution in [3.8, 4) is 0 Å². The van der Waals surface area contributed by atoms with Gasteiger partial charge in [0.15, 0.2) is 0 Å². The van der Waals surface area contributed by atoms with Crippen molar-refractivity contribution < 1.29 is 37.9 Å². The number of nitrogens with one attached hydrogen (secondary N) is 3. The largest absolute Gasteiger partial charge is 0.480 e. The Kier molecular flexibility index (Phi) is 6.93. The van der Waals surface area contributed by atoms with Gasteiger partial charge in [-0.05, 0) is 6.92 Å². The van der Waals surface area contributed by atoms with E-state index in [0.717, 1.165) is 6.92 Å². The van der Waals surface area contributed by atoms with Crippen molar-refractivity contribution in [2.24, 2.45) is 0 Å². The lowest BCUT2D eigenvalue weighted by molar-refractivity contribution is -0.164. The fraction of sp³-hybridized carbons (Fsp3) is 0.667. The Morgan fingerprint density at radius 2 is 1.80 bits per heavy atom. The SMILES string of the molecule is C[C@H](N[C@@H](CC(=O)NCC(=O)O)C(F)(F)F)C(=O)NO. The molecule has 0 radical (unpaired) electrons. The summed E-state index contributed by atoms with van der Waals surface area (Å²) >= 11 is 0. The molecule has 0 aromatic rings. The minimum absolute atomic E-state index is 0.809. The molecule has 8 nitrogen and oxygen atoms in total. The van der Waals surface area contributed by atoms with E-state index in [0.29, 0.717) is 0 Å². The zero-order valence-corrected chi connectivity index (χ0v) is 10.3. The summed E-state index contributed by atoms with van der Waals surface area (Å²) in [7, 11) is 0. The van der Waals surface area contributed by atoms with Crippen LogP contribution < -0.4 is 16.1 Å². The lowest BCUT2D eigenvalue weighted by atomic mass is 10.1. The Morgan fingerprint density at radius 3 is 2.20 bits per heavy atom. The number of alkyl halides is 3. The van der Waals surface area contributed by atoms with Gasteiger partial charge >= 0.3 is 12.1 Å². The minimum Gasteiger partial charge on any atom is -0.480 e. The summed E-state index contributed by atoms with van der Waals surface area (Å²) in [5, 5.41) is 20.1. The molecule has 0 saturated carbocycles. The number of hydrogen-bond donors (Lipinski definition) is 5. The highest BCUT2D eigenvalue weighted by Crippen LogP contribution is 2.23. The zero-order chi connectivity index (χ0) is 15.9. The van der Waals surface area contributed by atoms with Crippen LogP contribution in [0.1, 0.15) is 13.3 Å². The van der Waals surface area contributed by atoms with Gasteiger partial charge in [0.1, 0.15) is 12.6 Å². The summed E-state index contributed by atoms with van der Waals surface area (Å²) in [6.07, 6.45) is -5.93. The molecule has 2 atom stereocenters. The van der Waals surface area contributed by atoms with Crippen molar-refractivity contribution in [2.75, 3.05) is 6.54 Å². The molecule has 116 valence electrons. The number of carbonyl (C=O) groups is 3. The van der Waals surface area contributed by atoms with Gasteiger partial charge in [0.2, 0.25) is 5.91 Å². The van der Waals surface area contributed by atoms with E-state index in [4.69, 9.17) is 10.3 Å². The number of halogens is 3. The zero-order valence-electron chi connectivity index (χ0n) is 10.3. The average Bonchev–Trinajstić information content (AvgIpc) is 2.33. The van der Waals surface area contributed by atoms with E-state index in [9.17, 15) is 27.6 Å². The van der Waals surface area contributed by atoms with Crippen LogP contribution in [0.3, 0.4) is 0 Å². The van der Waals surface area contributed by atoms with E-state index in [1.807, 2.05) is 5.32 Å². The van der Waals surface area contributed by atoms with Gasteiger partial charge in [-0.2, -0.15) is 13.2 Å². The normalized spacial score (nSPS) is 14.2. The van der Waals surface area contributed by atoms with Gasteiger partial charge in [-0.1, -0.05) is 0 Å². The Morgan fingerprint density at radius 1 is 1.25 bits per heavy atom. The summed E-state index contributed by atoms with van der Waals surface area (Å²) in [4.78, 5) is 32.2. The maximum Gasteiger partial charge on any atom is 0.404 e. The number of aliphatic carboxylic acids is 1. The highest BCUT2D eigenvalue weighted by molar-refractivity contribution is 5.82. The van der Waals surface area contributed by atoms with Crippen LogP contribution >= 0.6 is 0 Å². The Bertz CT molecular complexity index is 374. The first-order valence-electron chi connectivity index (χ1n) is 5.33. The van der Waals surface area contributed by atoms with Crippen LogP contribution in [0, 0.1) is 0 Å². The van der Waals surface area contributed by atoms with Crippen LogP contribution in [0.15, 0.2) is 0 Å². The molecular formula is C9H14F3N3O5. The van der Waals surface area contributed by atoms with E-state index in [1.54, 1.807) is 5.32 Å². The first-order valence-corrected chi connectivity index (χ1v) is 5.33. The van der Waals surface area contributed by atoms with Crippen LogP contribution in [0.25, 0.3) is 0 Å². The second-order valence-corrected chi connectivity index (χ2v) is 3.83. The molecule has 0 rings (SSSR count). The fourth-order valence-electron chi connectivity index (χ4n) is 1.18. The highest BCUT2D eigenvalue weighted by atomic mass is 19.4. The summed E-state index contributed by atoms with van der Waals surface area (Å²) in [5.74, 6) is -3.65. The number of carboxylic acids is 1. The number of hydroxylamine groups is 1. The smallest absolute Gasteiger partial charge is 0.404 e. The number of amides is 2. The van der Waals surface area contributed by atoms with Gasteiger partial charge < -0.3 is 10.4 Å². The molecule has 0 heterocycles. The van der Waals surface area contributed by atoms with E-state index < -0.39 is 49.0 Å². The van der Waals surface area contributed by atoms with Gasteiger partial charge in [0.25, 0.3) is 5.91 Å². The first kappa shape index (κ1) is 18.1. The van der Waals surface area contributed by atoms with Gasteiger partial charge in [-0.15, -0.1) is 0 Å². The van der Waals surface area contributed by atoms with Crippen LogP contribution in [0.5, 0.6) is 0 Å². The molecule has 5 N–H and O–H groups in total. The number of hydrogen-bond acceptors (Lipinski definition) is 5. The van der Waals surface area contributed by atoms with E-state index in [-0.39, 0.29) is 0 Å². The van der Waals surface area contributed by atoms with Gasteiger partial charge in [-0.25, -0.2) is 5.48 Å². The number of carbonyl (C=O) groups excluding carboxylic acids is 2. The fourth-order valence-corrected chi connectivity index (χ4v) is 1.18. The predicted octanol–water partition coefficient (Wildman–Crippen LogP) is -1.01. The maximum atomic E-state index is 12.7. The van der Waals surface area contributed by atoms with Crippen molar-refractivity contribution >= 4 is 17.8 Å². The van der Waals surface area contributed by atoms with Gasteiger partial charge in [0, 0.05) is 0 Å². The molecule has 0 aliphatic heterocycles. The second kappa shape index (κ2) is 7.65. The van der Waals surface area contributed by atoms with Crippen molar-refractivity contribution in [1.82, 2.24) is 16.1 Å². The Balaban J connectivity index is 4.62. The summed E-state index contributed by atoms with van der Waals surface area (Å²) in [5.41, 5.74) is 1.17. The van der Waals surface area contributed by atoms with Crippen molar-refractivity contribution in [3.05, 3.63) is 0 Å². The van der Waals surface area contributed by atoms with E-state index >= 15 is 0 Å². The molecule has 0 bridgehead atoms. The van der Waals surface area contributed by atoms with Gasteiger partial charge in [-0.3, -0.25) is 24.9 Å². The van der Waals surface area contributed by atoms with E-state index in [1.165, 1.54) is 5.48 Å². The third-order valence-corrected chi connectivity index (χ3v) is 2.18. The highest BCUT2D eigenvalue weighted by Gasteiger charge is 2.42. The molecule has 0 saturated heterocycles. The topological polar surface area (TPSA) is 128 Å². The molecule has 0 aromatic heterocycles. The Hall–Kier alpha value is -1.88. The molecular weight excluding hydrogens is 287 g/mol. The van der Waals surface area contributed by atoms with Gasteiger partial charge in [0.05, 0.1) is 12.5 Å². The minimum atomic E-state index is -4.83. The van der Waals surface area contributed by atoms with E-state index in [2.05, 4.69) is 0 Å². The molecule has 0 aliphatic rings. The molecule has 2 amide bonds. The molecule has 0 fully saturated rings. The third kappa shape index (κ3) is 6.89. The maximum absolute atomic E-state index is 12.7. The number of rotatable bonds is 7. The molecule has 0 unspecified atom stereocenters. The Labute approximate surface area is 111 Å². The third-order valence-electron chi connectivity index (χ3n) is 2.18. The summed E-state index contributed by atoms with van der Waals surface area (Å²) < 4.78 is 38.0. The standard InChI is InChI=1S/C9H14F3N3O5/c1-4(8(19)15-20)14-5(9(10,11)12)2-6(16)13-3-7(17)18/h4-5,14,20H,2-3H2,1H3,(H,13,16)(H,15,19)(H,17,18)/t4-,5-/m0/s1. The molecule has 11 heteroatoms. The lowest BCUT2D eigenvalue weighted by Crippen LogP contribution is -2.53. The molecule has 0 spiro atoms. The average molecular weight is 301 g/mol. The molecule has 0 aromatic carbocycles. The monoisotopic (exact) mass is 301 g/mol. The van der Waals surface area contributed by atoms with Crippen LogP contribution in [-0.2, 0) is 14.4 Å². The molecule has 20 heavy (non-hydrogen) atoms. The summed E-state index contributed by atoms with van der Waals surface area (Å²) in [6.45, 7) is 0.246. The van der Waals surface area contributed by atoms with Crippen molar-refractivity contribution in [3.63, 3.8) is 0 Å². The van der Waals surface area contributed by atoms with Crippen molar-refractivity contribution in [1.29, 1.82) is 0 Å². The summed E-state index contributed by atoms with van der Waals surface area (Å²) in [6, 6.07) is -3.76. The second-order valence-electron chi connectivity index (χ2n) is 3.83. The van der Waals surface area contributed by atoms with Crippen molar-refractivity contribution in [2.45, 2.75) is 31.6 Å². The number of carboxylic acid groups (broad SMARTS) is 1. The van der Waals surface area contributed by atoms with Crippen LogP contribution in [0.2, 0.25) is 0 Å². The predicted molar refractivity (Wildman–Crippen MR) is 57.6 cm³/mol. The van der Waals surface area contributed by atoms with Crippen LogP contribution in [0.4, 0.5) is 13.2 Å². The van der Waals surface area contributed by atoms with Crippen LogP contribution in [-0.4, -0.2) is 52.9 Å². The molecule has 0 aliphatic carbocycles. The first-order chi connectivity index (χ1) is 9.07. The lowest BCUT2D eigenvalue weighted by Gasteiger charge is -2.24. The quantitative estimate of drug-likeness (QED) is 0.303.